The largest absolute Gasteiger partial charge is 0.497 e. The van der Waals surface area contributed by atoms with Gasteiger partial charge in [0.25, 0.3) is 5.56 Å². The first-order valence-corrected chi connectivity index (χ1v) is 12.0. The molecule has 1 aliphatic carbocycles. The van der Waals surface area contributed by atoms with E-state index in [1.807, 2.05) is 48.5 Å². The number of aryl methyl sites for hydroxylation is 2. The Morgan fingerprint density at radius 1 is 0.938 bits per heavy atom. The Balaban J connectivity index is 1.76. The predicted molar refractivity (Wildman–Crippen MR) is 130 cm³/mol. The molecule has 32 heavy (non-hydrogen) atoms. The number of hydrogen-bond donors (Lipinski definition) is 0. The minimum atomic E-state index is -0.0726. The summed E-state index contributed by atoms with van der Waals surface area (Å²) < 4.78 is 7.04. The first kappa shape index (κ1) is 19.4. The second kappa shape index (κ2) is 7.71. The molecular formula is C26H23N3O2S. The molecule has 2 aromatic carbocycles. The summed E-state index contributed by atoms with van der Waals surface area (Å²) in [6.07, 6.45) is 7.02. The van der Waals surface area contributed by atoms with E-state index in [1.54, 1.807) is 22.8 Å². The third-order valence-corrected chi connectivity index (χ3v) is 7.61. The topological polar surface area (TPSA) is 56.5 Å². The van der Waals surface area contributed by atoms with Crippen LogP contribution in [0.15, 0.2) is 53.3 Å². The molecule has 0 radical (unpaired) electrons. The molecule has 6 rings (SSSR count). The van der Waals surface area contributed by atoms with E-state index in [2.05, 4.69) is 0 Å². The number of methoxy groups -OCH3 is 1. The van der Waals surface area contributed by atoms with Gasteiger partial charge in [-0.2, -0.15) is 0 Å². The second-order valence-electron chi connectivity index (χ2n) is 8.36. The quantitative estimate of drug-likeness (QED) is 0.325. The van der Waals surface area contributed by atoms with Crippen LogP contribution in [0.2, 0.25) is 0 Å². The lowest BCUT2D eigenvalue weighted by atomic mass is 9.98. The summed E-state index contributed by atoms with van der Waals surface area (Å²) in [7, 11) is 1.65. The summed E-state index contributed by atoms with van der Waals surface area (Å²) in [6, 6.07) is 15.3. The average molecular weight is 442 g/mol. The normalized spacial score (nSPS) is 14.4. The SMILES string of the molecule is COc1ccc(-c2nc3sc4c(c3c3nc5ccccc5c(=O)n23)CCCCCC4)cc1. The highest BCUT2D eigenvalue weighted by atomic mass is 32.1. The van der Waals surface area contributed by atoms with E-state index in [9.17, 15) is 4.79 Å². The summed E-state index contributed by atoms with van der Waals surface area (Å²) in [4.78, 5) is 26.2. The minimum absolute atomic E-state index is 0.0726. The molecule has 0 saturated heterocycles. The highest BCUT2D eigenvalue weighted by molar-refractivity contribution is 7.19. The van der Waals surface area contributed by atoms with Gasteiger partial charge in [-0.15, -0.1) is 11.3 Å². The third kappa shape index (κ3) is 3.01. The van der Waals surface area contributed by atoms with Gasteiger partial charge in [0.1, 0.15) is 16.4 Å². The van der Waals surface area contributed by atoms with E-state index in [0.717, 1.165) is 45.5 Å². The second-order valence-corrected chi connectivity index (χ2v) is 9.44. The van der Waals surface area contributed by atoms with Gasteiger partial charge in [0.05, 0.1) is 23.4 Å². The maximum absolute atomic E-state index is 13.7. The zero-order valence-corrected chi connectivity index (χ0v) is 18.7. The summed E-state index contributed by atoms with van der Waals surface area (Å²) in [5, 5.41) is 1.67. The Morgan fingerprint density at radius 2 is 1.72 bits per heavy atom. The first-order chi connectivity index (χ1) is 15.7. The van der Waals surface area contributed by atoms with Crippen LogP contribution in [0.1, 0.15) is 36.1 Å². The Hall–Kier alpha value is -3.25. The number of hydrogen-bond acceptors (Lipinski definition) is 5. The van der Waals surface area contributed by atoms with Crippen LogP contribution < -0.4 is 10.3 Å². The molecule has 0 amide bonds. The van der Waals surface area contributed by atoms with Gasteiger partial charge >= 0.3 is 0 Å². The van der Waals surface area contributed by atoms with Gasteiger partial charge in [-0.25, -0.2) is 14.4 Å². The third-order valence-electron chi connectivity index (χ3n) is 6.42. The molecular weight excluding hydrogens is 418 g/mol. The van der Waals surface area contributed by atoms with Gasteiger partial charge in [0.15, 0.2) is 5.65 Å². The van der Waals surface area contributed by atoms with E-state index in [1.165, 1.54) is 36.1 Å². The van der Waals surface area contributed by atoms with Crippen molar-refractivity contribution in [2.45, 2.75) is 38.5 Å². The number of thiophene rings is 1. The van der Waals surface area contributed by atoms with Crippen LogP contribution in [0.3, 0.4) is 0 Å². The zero-order valence-electron chi connectivity index (χ0n) is 17.9. The number of aromatic nitrogens is 3. The molecule has 1 aliphatic rings. The predicted octanol–water partition coefficient (Wildman–Crippen LogP) is 5.79. The highest BCUT2D eigenvalue weighted by Crippen LogP contribution is 2.38. The smallest absolute Gasteiger partial charge is 0.267 e. The molecule has 6 heteroatoms. The molecule has 0 bridgehead atoms. The molecule has 0 atom stereocenters. The van der Waals surface area contributed by atoms with Gasteiger partial charge in [-0.1, -0.05) is 25.0 Å². The molecule has 5 nitrogen and oxygen atoms in total. The average Bonchev–Trinajstić information content (AvgIpc) is 3.15. The zero-order chi connectivity index (χ0) is 21.7. The molecule has 5 aromatic rings. The lowest BCUT2D eigenvalue weighted by Gasteiger charge is -2.13. The van der Waals surface area contributed by atoms with Crippen molar-refractivity contribution in [1.29, 1.82) is 0 Å². The van der Waals surface area contributed by atoms with E-state index in [4.69, 9.17) is 14.7 Å². The maximum atomic E-state index is 13.7. The Morgan fingerprint density at radius 3 is 2.53 bits per heavy atom. The number of rotatable bonds is 2. The monoisotopic (exact) mass is 441 g/mol. The Bertz CT molecular complexity index is 1530. The van der Waals surface area contributed by atoms with Gasteiger partial charge in [0.2, 0.25) is 0 Å². The molecule has 0 N–H and O–H groups in total. The number of nitrogens with zero attached hydrogens (tertiary/aromatic N) is 3. The van der Waals surface area contributed by atoms with E-state index in [0.29, 0.717) is 11.2 Å². The molecule has 0 fully saturated rings. The van der Waals surface area contributed by atoms with Crippen molar-refractivity contribution in [2.24, 2.45) is 0 Å². The van der Waals surface area contributed by atoms with Crippen LogP contribution in [-0.2, 0) is 12.8 Å². The van der Waals surface area contributed by atoms with E-state index in [-0.39, 0.29) is 5.56 Å². The molecule has 160 valence electrons. The van der Waals surface area contributed by atoms with Crippen molar-refractivity contribution < 1.29 is 4.74 Å². The summed E-state index contributed by atoms with van der Waals surface area (Å²) in [5.74, 6) is 1.40. The van der Waals surface area contributed by atoms with Crippen molar-refractivity contribution in [3.63, 3.8) is 0 Å². The lowest BCUT2D eigenvalue weighted by molar-refractivity contribution is 0.415. The van der Waals surface area contributed by atoms with Crippen LogP contribution >= 0.6 is 11.3 Å². The fourth-order valence-corrected chi connectivity index (χ4v) is 6.05. The molecule has 0 saturated carbocycles. The summed E-state index contributed by atoms with van der Waals surface area (Å²) >= 11 is 1.77. The van der Waals surface area contributed by atoms with Crippen molar-refractivity contribution >= 4 is 38.1 Å². The number of para-hydroxylation sites is 1. The highest BCUT2D eigenvalue weighted by Gasteiger charge is 2.22. The van der Waals surface area contributed by atoms with Crippen LogP contribution in [-0.4, -0.2) is 21.5 Å². The number of ether oxygens (including phenoxy) is 1. The maximum Gasteiger partial charge on any atom is 0.267 e. The van der Waals surface area contributed by atoms with E-state index < -0.39 is 0 Å². The number of benzene rings is 2. The van der Waals surface area contributed by atoms with Gasteiger partial charge in [-0.05, 0) is 67.6 Å². The Kier molecular flexibility index (Phi) is 4.68. The van der Waals surface area contributed by atoms with Crippen LogP contribution in [0, 0.1) is 0 Å². The van der Waals surface area contributed by atoms with Crippen molar-refractivity contribution in [2.75, 3.05) is 7.11 Å². The van der Waals surface area contributed by atoms with Crippen molar-refractivity contribution in [3.05, 3.63) is 69.3 Å². The molecule has 0 spiro atoms. The molecule has 3 aromatic heterocycles. The van der Waals surface area contributed by atoms with Crippen molar-refractivity contribution in [1.82, 2.24) is 14.4 Å². The van der Waals surface area contributed by atoms with Crippen molar-refractivity contribution in [3.8, 4) is 17.1 Å². The molecule has 0 unspecified atom stereocenters. The fraction of sp³-hybridized carbons (Fsp3) is 0.269. The fourth-order valence-electron chi connectivity index (χ4n) is 4.79. The standard InChI is InChI=1S/C26H23N3O2S/c1-31-17-14-12-16(13-15-17)23-28-25-22(19-9-4-2-3-5-11-21(19)32-25)24-27-20-10-7-6-8-18(20)26(30)29(23)24/h6-8,10,12-15H,2-5,9,11H2,1H3. The summed E-state index contributed by atoms with van der Waals surface area (Å²) in [5.41, 5.74) is 3.60. The first-order valence-electron chi connectivity index (χ1n) is 11.1. The van der Waals surface area contributed by atoms with Crippen LogP contribution in [0.5, 0.6) is 5.75 Å². The van der Waals surface area contributed by atoms with Gasteiger partial charge in [-0.3, -0.25) is 4.79 Å². The molecule has 3 heterocycles. The van der Waals surface area contributed by atoms with Gasteiger partial charge in [0, 0.05) is 10.4 Å². The van der Waals surface area contributed by atoms with Crippen LogP contribution in [0.25, 0.3) is 38.2 Å². The minimum Gasteiger partial charge on any atom is -0.497 e. The lowest BCUT2D eigenvalue weighted by Crippen LogP contribution is -2.18. The van der Waals surface area contributed by atoms with Crippen LogP contribution in [0.4, 0.5) is 0 Å². The summed E-state index contributed by atoms with van der Waals surface area (Å²) in [6.45, 7) is 0. The van der Waals surface area contributed by atoms with Gasteiger partial charge < -0.3 is 4.74 Å². The number of fused-ring (bicyclic) bond motifs is 6. The molecule has 0 aliphatic heterocycles. The Labute approximate surface area is 189 Å². The van der Waals surface area contributed by atoms with E-state index >= 15 is 0 Å².